The summed E-state index contributed by atoms with van der Waals surface area (Å²) in [7, 11) is 0. The largest absolute Gasteiger partial charge is 0.337 e. The van der Waals surface area contributed by atoms with Crippen LogP contribution in [0, 0.1) is 0 Å². The van der Waals surface area contributed by atoms with E-state index in [9.17, 15) is 4.79 Å². The first-order valence-corrected chi connectivity index (χ1v) is 10.4. The Bertz CT molecular complexity index is 1040. The highest BCUT2D eigenvalue weighted by atomic mass is 16.1. The number of piperidine rings is 1. The fourth-order valence-electron chi connectivity index (χ4n) is 3.88. The molecule has 1 saturated heterocycles. The quantitative estimate of drug-likeness (QED) is 0.688. The van der Waals surface area contributed by atoms with Crippen molar-refractivity contribution in [3.8, 4) is 0 Å². The van der Waals surface area contributed by atoms with Crippen LogP contribution in [0.25, 0.3) is 10.9 Å². The molecule has 4 heterocycles. The van der Waals surface area contributed by atoms with Crippen LogP contribution in [0.1, 0.15) is 58.3 Å². The molecule has 0 atom stereocenters. The van der Waals surface area contributed by atoms with Crippen LogP contribution >= 0.6 is 0 Å². The number of aromatic nitrogens is 5. The minimum absolute atomic E-state index is 0.192. The van der Waals surface area contributed by atoms with Gasteiger partial charge in [0.25, 0.3) is 5.56 Å². The van der Waals surface area contributed by atoms with E-state index < -0.39 is 0 Å². The third kappa shape index (κ3) is 4.03. The Morgan fingerprint density at radius 3 is 2.55 bits per heavy atom. The van der Waals surface area contributed by atoms with Crippen molar-refractivity contribution in [2.24, 2.45) is 0 Å². The molecule has 0 unspecified atom stereocenters. The van der Waals surface area contributed by atoms with Crippen molar-refractivity contribution in [2.75, 3.05) is 18.4 Å². The molecule has 8 nitrogen and oxygen atoms in total. The molecular formula is C21H29N7O. The lowest BCUT2D eigenvalue weighted by molar-refractivity contribution is 0.169. The number of aromatic amines is 1. The van der Waals surface area contributed by atoms with Gasteiger partial charge in [0.05, 0.1) is 17.4 Å². The van der Waals surface area contributed by atoms with Crippen molar-refractivity contribution in [1.82, 2.24) is 29.6 Å². The second-order valence-electron chi connectivity index (χ2n) is 8.33. The van der Waals surface area contributed by atoms with Gasteiger partial charge in [-0.3, -0.25) is 9.48 Å². The van der Waals surface area contributed by atoms with Crippen LogP contribution in [-0.4, -0.2) is 48.8 Å². The van der Waals surface area contributed by atoms with Gasteiger partial charge in [-0.15, -0.1) is 0 Å². The maximum Gasteiger partial charge on any atom is 0.261 e. The number of nitrogens with zero attached hydrogens (tertiary/aromatic N) is 5. The lowest BCUT2D eigenvalue weighted by atomic mass is 9.95. The van der Waals surface area contributed by atoms with Crippen molar-refractivity contribution in [2.45, 2.75) is 58.5 Å². The molecule has 4 rings (SSSR count). The van der Waals surface area contributed by atoms with Gasteiger partial charge in [-0.1, -0.05) is 0 Å². The molecule has 8 heteroatoms. The van der Waals surface area contributed by atoms with Crippen molar-refractivity contribution in [3.63, 3.8) is 0 Å². The molecule has 0 saturated carbocycles. The molecule has 0 bridgehead atoms. The molecule has 0 spiro atoms. The van der Waals surface area contributed by atoms with E-state index in [1.54, 1.807) is 12.4 Å². The SMILES string of the molecule is CC(C)N1CCC(c2nc(Nc3cnn(C(C)C)c3)c3c(=O)[nH]ccc3n2)CC1. The van der Waals surface area contributed by atoms with Crippen molar-refractivity contribution < 1.29 is 0 Å². The van der Waals surface area contributed by atoms with E-state index in [1.807, 2.05) is 16.9 Å². The van der Waals surface area contributed by atoms with Crippen molar-refractivity contribution in [3.05, 3.63) is 40.8 Å². The van der Waals surface area contributed by atoms with Crippen LogP contribution in [-0.2, 0) is 0 Å². The minimum atomic E-state index is -0.192. The Hall–Kier alpha value is -2.74. The lowest BCUT2D eigenvalue weighted by Crippen LogP contribution is -2.38. The topological polar surface area (TPSA) is 91.7 Å². The Morgan fingerprint density at radius 1 is 1.14 bits per heavy atom. The summed E-state index contributed by atoms with van der Waals surface area (Å²) in [6.07, 6.45) is 7.38. The molecule has 0 amide bonds. The molecule has 154 valence electrons. The van der Waals surface area contributed by atoms with Gasteiger partial charge in [0.1, 0.15) is 17.0 Å². The van der Waals surface area contributed by atoms with Crippen LogP contribution in [0.2, 0.25) is 0 Å². The van der Waals surface area contributed by atoms with Crippen molar-refractivity contribution in [1.29, 1.82) is 0 Å². The van der Waals surface area contributed by atoms with E-state index in [0.29, 0.717) is 28.7 Å². The summed E-state index contributed by atoms with van der Waals surface area (Å²) in [6.45, 7) is 10.7. The van der Waals surface area contributed by atoms with E-state index in [2.05, 4.69) is 48.0 Å². The molecular weight excluding hydrogens is 366 g/mol. The molecule has 0 aliphatic carbocycles. The monoisotopic (exact) mass is 395 g/mol. The van der Waals surface area contributed by atoms with Gasteiger partial charge in [-0.05, 0) is 59.7 Å². The number of anilines is 2. The number of H-pyrrole nitrogens is 1. The first-order chi connectivity index (χ1) is 13.9. The van der Waals surface area contributed by atoms with E-state index in [-0.39, 0.29) is 11.6 Å². The van der Waals surface area contributed by atoms with Crippen LogP contribution in [0.15, 0.2) is 29.5 Å². The number of hydrogen-bond acceptors (Lipinski definition) is 6. The fraction of sp³-hybridized carbons (Fsp3) is 0.524. The third-order valence-electron chi connectivity index (χ3n) is 5.66. The van der Waals surface area contributed by atoms with E-state index in [4.69, 9.17) is 9.97 Å². The smallest absolute Gasteiger partial charge is 0.261 e. The molecule has 3 aromatic heterocycles. The summed E-state index contributed by atoms with van der Waals surface area (Å²) in [5.74, 6) is 1.65. The highest BCUT2D eigenvalue weighted by Gasteiger charge is 2.25. The molecule has 1 fully saturated rings. The van der Waals surface area contributed by atoms with Crippen LogP contribution in [0.5, 0.6) is 0 Å². The second-order valence-corrected chi connectivity index (χ2v) is 8.33. The third-order valence-corrected chi connectivity index (χ3v) is 5.66. The number of hydrogen-bond donors (Lipinski definition) is 2. The number of pyridine rings is 1. The molecule has 2 N–H and O–H groups in total. The normalized spacial score (nSPS) is 16.2. The van der Waals surface area contributed by atoms with Crippen LogP contribution in [0.4, 0.5) is 11.5 Å². The number of fused-ring (bicyclic) bond motifs is 1. The highest BCUT2D eigenvalue weighted by molar-refractivity contribution is 5.89. The zero-order chi connectivity index (χ0) is 20.5. The molecule has 1 aliphatic rings. The number of rotatable bonds is 5. The van der Waals surface area contributed by atoms with E-state index in [1.165, 1.54) is 0 Å². The molecule has 29 heavy (non-hydrogen) atoms. The average Bonchev–Trinajstić information content (AvgIpc) is 3.17. The predicted molar refractivity (Wildman–Crippen MR) is 115 cm³/mol. The molecule has 0 radical (unpaired) electrons. The summed E-state index contributed by atoms with van der Waals surface area (Å²) in [6, 6.07) is 2.66. The summed E-state index contributed by atoms with van der Waals surface area (Å²) < 4.78 is 1.87. The van der Waals surface area contributed by atoms with E-state index in [0.717, 1.165) is 37.4 Å². The predicted octanol–water partition coefficient (Wildman–Crippen LogP) is 3.43. The standard InChI is InChI=1S/C21H29N7O/c1-13(2)27-9-6-15(7-10-27)19-25-17-5-8-22-21(29)18(17)20(26-19)24-16-11-23-28(12-16)14(3)4/h5,8,11-15H,6-7,9-10H2,1-4H3,(H,22,29)(H,24,25,26). The summed E-state index contributed by atoms with van der Waals surface area (Å²) in [4.78, 5) is 27.3. The van der Waals surface area contributed by atoms with Crippen molar-refractivity contribution >= 4 is 22.4 Å². The summed E-state index contributed by atoms with van der Waals surface area (Å²) in [5, 5.41) is 8.16. The van der Waals surface area contributed by atoms with Gasteiger partial charge in [-0.25, -0.2) is 9.97 Å². The first-order valence-electron chi connectivity index (χ1n) is 10.4. The number of likely N-dealkylation sites (tertiary alicyclic amines) is 1. The Balaban J connectivity index is 1.69. The first kappa shape index (κ1) is 19.6. The Morgan fingerprint density at radius 2 is 1.90 bits per heavy atom. The van der Waals surface area contributed by atoms with Gasteiger partial charge in [0.15, 0.2) is 0 Å². The van der Waals surface area contributed by atoms with Crippen LogP contribution in [0.3, 0.4) is 0 Å². The minimum Gasteiger partial charge on any atom is -0.337 e. The fourth-order valence-corrected chi connectivity index (χ4v) is 3.88. The van der Waals surface area contributed by atoms with E-state index >= 15 is 0 Å². The maximum atomic E-state index is 12.5. The number of nitrogens with one attached hydrogen (secondary N) is 2. The van der Waals surface area contributed by atoms with Gasteiger partial charge in [0, 0.05) is 30.4 Å². The zero-order valence-electron chi connectivity index (χ0n) is 17.5. The highest BCUT2D eigenvalue weighted by Crippen LogP contribution is 2.30. The lowest BCUT2D eigenvalue weighted by Gasteiger charge is -2.34. The van der Waals surface area contributed by atoms with Gasteiger partial charge < -0.3 is 15.2 Å². The maximum absolute atomic E-state index is 12.5. The Kier molecular flexibility index (Phi) is 5.36. The molecule has 0 aromatic carbocycles. The zero-order valence-corrected chi connectivity index (χ0v) is 17.5. The van der Waals surface area contributed by atoms with Gasteiger partial charge >= 0.3 is 0 Å². The summed E-state index contributed by atoms with van der Waals surface area (Å²) in [5.41, 5.74) is 1.29. The second kappa shape index (κ2) is 7.94. The average molecular weight is 396 g/mol. The van der Waals surface area contributed by atoms with Gasteiger partial charge in [-0.2, -0.15) is 5.10 Å². The molecule has 3 aromatic rings. The Labute approximate surface area is 170 Å². The van der Waals surface area contributed by atoms with Crippen LogP contribution < -0.4 is 10.9 Å². The summed E-state index contributed by atoms with van der Waals surface area (Å²) >= 11 is 0. The molecule has 1 aliphatic heterocycles. The van der Waals surface area contributed by atoms with Gasteiger partial charge in [0.2, 0.25) is 0 Å².